The van der Waals surface area contributed by atoms with Gasteiger partial charge in [0.15, 0.2) is 0 Å². The first-order valence-electron chi connectivity index (χ1n) is 10.2. The average molecular weight is 397 g/mol. The standard InChI is InChI=1S/C23H29N3O3/c1-18(27)24-21(19-8-4-2-5-9-19)16-23(28)25-22(20-10-6-3-7-11-20)17-26-12-14-29-15-13-26/h2-11,21-22H,12-17H2,1H3,(H,24,27)(H,25,28)/p+1/t21-,22+/m1/s1. The van der Waals surface area contributed by atoms with Crippen molar-refractivity contribution in [2.24, 2.45) is 0 Å². The molecule has 1 fully saturated rings. The lowest BCUT2D eigenvalue weighted by molar-refractivity contribution is -0.909. The van der Waals surface area contributed by atoms with E-state index < -0.39 is 0 Å². The van der Waals surface area contributed by atoms with Crippen LogP contribution < -0.4 is 15.5 Å². The van der Waals surface area contributed by atoms with Crippen LogP contribution in [0, 0.1) is 0 Å². The van der Waals surface area contributed by atoms with Gasteiger partial charge in [0.05, 0.1) is 25.7 Å². The van der Waals surface area contributed by atoms with Crippen molar-refractivity contribution in [3.8, 4) is 0 Å². The maximum atomic E-state index is 12.9. The molecule has 0 aliphatic carbocycles. The highest BCUT2D eigenvalue weighted by Gasteiger charge is 2.24. The summed E-state index contributed by atoms with van der Waals surface area (Å²) in [6.45, 7) is 5.68. The van der Waals surface area contributed by atoms with Crippen molar-refractivity contribution in [3.63, 3.8) is 0 Å². The zero-order chi connectivity index (χ0) is 20.5. The number of hydrogen-bond acceptors (Lipinski definition) is 3. The molecular formula is C23H30N3O3+. The van der Waals surface area contributed by atoms with Crippen LogP contribution in [-0.2, 0) is 14.3 Å². The molecule has 0 saturated carbocycles. The summed E-state index contributed by atoms with van der Waals surface area (Å²) in [5.41, 5.74) is 2.02. The summed E-state index contributed by atoms with van der Waals surface area (Å²) in [7, 11) is 0. The number of carbonyl (C=O) groups is 2. The molecule has 2 aromatic rings. The van der Waals surface area contributed by atoms with Crippen LogP contribution >= 0.6 is 0 Å². The van der Waals surface area contributed by atoms with Gasteiger partial charge >= 0.3 is 0 Å². The maximum absolute atomic E-state index is 12.9. The van der Waals surface area contributed by atoms with Crippen LogP contribution in [0.15, 0.2) is 60.7 Å². The number of carbonyl (C=O) groups excluding carboxylic acids is 2. The highest BCUT2D eigenvalue weighted by Crippen LogP contribution is 2.18. The van der Waals surface area contributed by atoms with Crippen LogP contribution in [-0.4, -0.2) is 44.7 Å². The number of morpholine rings is 1. The number of quaternary nitrogens is 1. The molecule has 0 aromatic heterocycles. The fraction of sp³-hybridized carbons (Fsp3) is 0.391. The van der Waals surface area contributed by atoms with Crippen molar-refractivity contribution in [1.29, 1.82) is 0 Å². The average Bonchev–Trinajstić information content (AvgIpc) is 2.74. The molecule has 1 aliphatic heterocycles. The largest absolute Gasteiger partial charge is 0.370 e. The molecule has 0 bridgehead atoms. The molecule has 6 nitrogen and oxygen atoms in total. The lowest BCUT2D eigenvalue weighted by Gasteiger charge is -2.29. The predicted octanol–water partition coefficient (Wildman–Crippen LogP) is 1.03. The Morgan fingerprint density at radius 2 is 1.45 bits per heavy atom. The Balaban J connectivity index is 1.69. The van der Waals surface area contributed by atoms with Gasteiger partial charge in [0, 0.05) is 6.92 Å². The molecule has 3 rings (SSSR count). The van der Waals surface area contributed by atoms with E-state index in [9.17, 15) is 9.59 Å². The molecule has 3 N–H and O–H groups in total. The Hall–Kier alpha value is -2.70. The minimum absolute atomic E-state index is 0.0749. The molecule has 1 saturated heterocycles. The number of hydrogen-bond donors (Lipinski definition) is 3. The summed E-state index contributed by atoms with van der Waals surface area (Å²) in [6, 6.07) is 19.2. The maximum Gasteiger partial charge on any atom is 0.223 e. The van der Waals surface area contributed by atoms with Gasteiger partial charge in [0.1, 0.15) is 25.7 Å². The number of amides is 2. The second kappa shape index (κ2) is 10.7. The third kappa shape index (κ3) is 6.69. The third-order valence-corrected chi connectivity index (χ3v) is 5.20. The van der Waals surface area contributed by atoms with Crippen molar-refractivity contribution in [2.45, 2.75) is 25.4 Å². The molecule has 0 radical (unpaired) electrons. The van der Waals surface area contributed by atoms with Gasteiger partial charge < -0.3 is 20.3 Å². The highest BCUT2D eigenvalue weighted by atomic mass is 16.5. The molecule has 2 amide bonds. The van der Waals surface area contributed by atoms with Gasteiger partial charge in [0.25, 0.3) is 0 Å². The Morgan fingerprint density at radius 1 is 0.897 bits per heavy atom. The zero-order valence-electron chi connectivity index (χ0n) is 16.9. The predicted molar refractivity (Wildman–Crippen MR) is 111 cm³/mol. The molecule has 1 heterocycles. The minimum Gasteiger partial charge on any atom is -0.370 e. The van der Waals surface area contributed by atoms with Crippen molar-refractivity contribution < 1.29 is 19.2 Å². The molecule has 2 atom stereocenters. The van der Waals surface area contributed by atoms with E-state index in [-0.39, 0.29) is 30.3 Å². The monoisotopic (exact) mass is 396 g/mol. The van der Waals surface area contributed by atoms with E-state index >= 15 is 0 Å². The summed E-state index contributed by atoms with van der Waals surface area (Å²) in [5.74, 6) is -0.224. The third-order valence-electron chi connectivity index (χ3n) is 5.20. The highest BCUT2D eigenvalue weighted by molar-refractivity contribution is 5.79. The molecule has 154 valence electrons. The second-order valence-electron chi connectivity index (χ2n) is 7.47. The van der Waals surface area contributed by atoms with E-state index in [0.717, 1.165) is 44.0 Å². The molecule has 0 unspecified atom stereocenters. The van der Waals surface area contributed by atoms with Gasteiger partial charge in [-0.05, 0) is 11.1 Å². The van der Waals surface area contributed by atoms with Gasteiger partial charge in [-0.25, -0.2) is 0 Å². The Kier molecular flexibility index (Phi) is 7.78. The summed E-state index contributed by atoms with van der Waals surface area (Å²) >= 11 is 0. The van der Waals surface area contributed by atoms with Crippen LogP contribution in [0.1, 0.15) is 36.6 Å². The normalized spacial score (nSPS) is 16.6. The molecule has 0 spiro atoms. The van der Waals surface area contributed by atoms with E-state index in [1.54, 1.807) is 0 Å². The fourth-order valence-electron chi connectivity index (χ4n) is 3.71. The summed E-state index contributed by atoms with van der Waals surface area (Å²) < 4.78 is 5.46. The van der Waals surface area contributed by atoms with Crippen LogP contribution in [0.25, 0.3) is 0 Å². The Labute approximate surface area is 172 Å². The quantitative estimate of drug-likeness (QED) is 0.624. The summed E-state index contributed by atoms with van der Waals surface area (Å²) in [5, 5.41) is 6.10. The topological polar surface area (TPSA) is 71.9 Å². The second-order valence-corrected chi connectivity index (χ2v) is 7.47. The van der Waals surface area contributed by atoms with Crippen molar-refractivity contribution in [3.05, 3.63) is 71.8 Å². The first-order valence-corrected chi connectivity index (χ1v) is 10.2. The van der Waals surface area contributed by atoms with E-state index in [1.165, 1.54) is 11.8 Å². The first-order chi connectivity index (χ1) is 14.1. The molecule has 6 heteroatoms. The number of nitrogens with one attached hydrogen (secondary N) is 3. The molecule has 1 aliphatic rings. The first kappa shape index (κ1) is 21.0. The van der Waals surface area contributed by atoms with Crippen molar-refractivity contribution in [1.82, 2.24) is 10.6 Å². The van der Waals surface area contributed by atoms with Crippen molar-refractivity contribution >= 4 is 11.8 Å². The fourth-order valence-corrected chi connectivity index (χ4v) is 3.71. The smallest absolute Gasteiger partial charge is 0.223 e. The number of ether oxygens (including phenoxy) is 1. The number of benzene rings is 2. The van der Waals surface area contributed by atoms with Crippen molar-refractivity contribution in [2.75, 3.05) is 32.8 Å². The van der Waals surface area contributed by atoms with Gasteiger partial charge in [-0.1, -0.05) is 60.7 Å². The Bertz CT molecular complexity index is 776. The van der Waals surface area contributed by atoms with E-state index in [0.29, 0.717) is 0 Å². The van der Waals surface area contributed by atoms with E-state index in [2.05, 4.69) is 10.6 Å². The number of rotatable bonds is 8. The van der Waals surface area contributed by atoms with Crippen LogP contribution in [0.4, 0.5) is 0 Å². The van der Waals surface area contributed by atoms with Gasteiger partial charge in [-0.2, -0.15) is 0 Å². The van der Waals surface area contributed by atoms with Gasteiger partial charge in [0.2, 0.25) is 11.8 Å². The van der Waals surface area contributed by atoms with Gasteiger partial charge in [-0.3, -0.25) is 9.59 Å². The van der Waals surface area contributed by atoms with Gasteiger partial charge in [-0.15, -0.1) is 0 Å². The van der Waals surface area contributed by atoms with Crippen LogP contribution in [0.5, 0.6) is 0 Å². The summed E-state index contributed by atoms with van der Waals surface area (Å²) in [6.07, 6.45) is 0.200. The lowest BCUT2D eigenvalue weighted by Crippen LogP contribution is -3.14. The lowest BCUT2D eigenvalue weighted by atomic mass is 10.0. The Morgan fingerprint density at radius 3 is 2.00 bits per heavy atom. The minimum atomic E-state index is -0.346. The van der Waals surface area contributed by atoms with E-state index in [4.69, 9.17) is 4.74 Å². The van der Waals surface area contributed by atoms with Crippen LogP contribution in [0.2, 0.25) is 0 Å². The summed E-state index contributed by atoms with van der Waals surface area (Å²) in [4.78, 5) is 26.0. The zero-order valence-corrected chi connectivity index (χ0v) is 16.9. The molecule has 2 aromatic carbocycles. The van der Waals surface area contributed by atoms with Crippen LogP contribution in [0.3, 0.4) is 0 Å². The van der Waals surface area contributed by atoms with E-state index in [1.807, 2.05) is 60.7 Å². The SMILES string of the molecule is CC(=O)N[C@H](CC(=O)N[C@@H](C[NH+]1CCOCC1)c1ccccc1)c1ccccc1. The molecular weight excluding hydrogens is 366 g/mol. The molecule has 29 heavy (non-hydrogen) atoms.